The maximum absolute atomic E-state index is 12.7. The van der Waals surface area contributed by atoms with E-state index in [0.717, 1.165) is 18.3 Å². The average molecular weight is 354 g/mol. The van der Waals surface area contributed by atoms with Crippen molar-refractivity contribution in [3.8, 4) is 0 Å². The van der Waals surface area contributed by atoms with Crippen LogP contribution in [0.5, 0.6) is 0 Å². The first-order valence-corrected chi connectivity index (χ1v) is 8.25. The zero-order valence-electron chi connectivity index (χ0n) is 12.5. The molecule has 0 aliphatic carbocycles. The summed E-state index contributed by atoms with van der Waals surface area (Å²) in [6, 6.07) is 7.32. The van der Waals surface area contributed by atoms with Crippen LogP contribution in [-0.4, -0.2) is 35.0 Å². The highest BCUT2D eigenvalue weighted by Gasteiger charge is 2.31. The minimum atomic E-state index is -4.39. The summed E-state index contributed by atoms with van der Waals surface area (Å²) in [6.45, 7) is 1.54. The van der Waals surface area contributed by atoms with Crippen LogP contribution in [0.15, 0.2) is 47.5 Å². The number of aromatic nitrogens is 1. The Hall–Kier alpha value is -2.72. The predicted molar refractivity (Wildman–Crippen MR) is 81.7 cm³/mol. The predicted octanol–water partition coefficient (Wildman–Crippen LogP) is 1.23. The van der Waals surface area contributed by atoms with E-state index in [4.69, 9.17) is 0 Å². The van der Waals surface area contributed by atoms with Gasteiger partial charge in [-0.3, -0.25) is 10.1 Å². The van der Waals surface area contributed by atoms with Gasteiger partial charge in [0.15, 0.2) is 11.0 Å². The van der Waals surface area contributed by atoms with E-state index in [-0.39, 0.29) is 12.3 Å². The molecule has 0 aliphatic heterocycles. The topological polar surface area (TPSA) is 129 Å². The molecule has 2 aromatic rings. The number of ether oxygens (including phenoxy) is 1. The fourth-order valence-electron chi connectivity index (χ4n) is 2.08. The number of carbonyl (C=O) groups is 1. The van der Waals surface area contributed by atoms with Crippen LogP contribution in [0.25, 0.3) is 0 Å². The lowest BCUT2D eigenvalue weighted by Gasteiger charge is -2.14. The second-order valence-electron chi connectivity index (χ2n) is 4.61. The number of rotatable bonds is 6. The first-order valence-electron chi connectivity index (χ1n) is 6.81. The van der Waals surface area contributed by atoms with E-state index < -0.39 is 37.6 Å². The van der Waals surface area contributed by atoms with Crippen molar-refractivity contribution in [2.45, 2.75) is 17.9 Å². The van der Waals surface area contributed by atoms with Crippen LogP contribution in [0.4, 0.5) is 5.69 Å². The quantitative estimate of drug-likeness (QED) is 0.469. The maximum Gasteiger partial charge on any atom is 0.341 e. The number of nitro groups is 1. The molecule has 128 valence electrons. The Kier molecular flexibility index (Phi) is 5.00. The molecular formula is C14H14N2O7S. The molecule has 0 bridgehead atoms. The van der Waals surface area contributed by atoms with Crippen molar-refractivity contribution in [1.82, 2.24) is 3.97 Å². The van der Waals surface area contributed by atoms with Gasteiger partial charge in [0.2, 0.25) is 0 Å². The van der Waals surface area contributed by atoms with Crippen LogP contribution < -0.4 is 0 Å². The number of esters is 1. The van der Waals surface area contributed by atoms with E-state index in [2.05, 4.69) is 4.74 Å². The van der Waals surface area contributed by atoms with Crippen molar-refractivity contribution in [2.24, 2.45) is 0 Å². The van der Waals surface area contributed by atoms with Crippen LogP contribution >= 0.6 is 0 Å². The van der Waals surface area contributed by atoms with Crippen molar-refractivity contribution < 1.29 is 28.0 Å². The summed E-state index contributed by atoms with van der Waals surface area (Å²) in [5.41, 5.74) is -0.880. The molecule has 0 saturated heterocycles. The molecule has 1 aromatic heterocycles. The van der Waals surface area contributed by atoms with Gasteiger partial charge in [-0.2, -0.15) is 0 Å². The lowest BCUT2D eigenvalue weighted by atomic mass is 10.2. The van der Waals surface area contributed by atoms with Crippen LogP contribution in [0, 0.1) is 10.1 Å². The Morgan fingerprint density at radius 1 is 1.33 bits per heavy atom. The first kappa shape index (κ1) is 17.6. The van der Waals surface area contributed by atoms with E-state index in [1.165, 1.54) is 31.2 Å². The van der Waals surface area contributed by atoms with E-state index >= 15 is 0 Å². The van der Waals surface area contributed by atoms with Gasteiger partial charge in [0.25, 0.3) is 15.7 Å². The van der Waals surface area contributed by atoms with Crippen LogP contribution in [0.3, 0.4) is 0 Å². The van der Waals surface area contributed by atoms with Gasteiger partial charge in [0.1, 0.15) is 0 Å². The molecule has 10 heteroatoms. The van der Waals surface area contributed by atoms with Gasteiger partial charge in [-0.1, -0.05) is 12.1 Å². The Balaban J connectivity index is 2.56. The fraction of sp³-hybridized carbons (Fsp3) is 0.214. The maximum atomic E-state index is 12.7. The summed E-state index contributed by atoms with van der Waals surface area (Å²) in [6.07, 6.45) is -0.749. The molecule has 0 radical (unpaired) electrons. The largest absolute Gasteiger partial charge is 0.464 e. The van der Waals surface area contributed by atoms with E-state index in [1.54, 1.807) is 0 Å². The second-order valence-corrected chi connectivity index (χ2v) is 6.40. The highest BCUT2D eigenvalue weighted by molar-refractivity contribution is 7.90. The first-order chi connectivity index (χ1) is 11.3. The number of hydrogen-bond donors (Lipinski definition) is 1. The standard InChI is InChI=1S/C14H14N2O7S/c1-2-23-14(18)13(17)11-7-5-9-15(11)24(21,22)12-8-4-3-6-10(12)16(19)20/h3-9,13,17H,2H2,1H3. The highest BCUT2D eigenvalue weighted by atomic mass is 32.2. The molecular weight excluding hydrogens is 340 g/mol. The number of carbonyl (C=O) groups excluding carboxylic acids is 1. The lowest BCUT2D eigenvalue weighted by molar-refractivity contribution is -0.387. The number of nitro benzene ring substituents is 1. The zero-order chi connectivity index (χ0) is 17.9. The SMILES string of the molecule is CCOC(=O)C(O)c1cccn1S(=O)(=O)c1ccccc1[N+](=O)[O-]. The molecule has 0 spiro atoms. The molecule has 1 heterocycles. The molecule has 0 saturated carbocycles. The molecule has 1 N–H and O–H groups in total. The molecule has 0 amide bonds. The molecule has 24 heavy (non-hydrogen) atoms. The molecule has 1 aromatic carbocycles. The Bertz CT molecular complexity index is 873. The van der Waals surface area contributed by atoms with Gasteiger partial charge in [-0.05, 0) is 25.1 Å². The minimum absolute atomic E-state index is 0.00745. The number of hydrogen-bond acceptors (Lipinski definition) is 7. The molecule has 0 fully saturated rings. The number of para-hydroxylation sites is 1. The normalized spacial score (nSPS) is 12.6. The Labute approximate surface area is 137 Å². The number of aliphatic hydroxyl groups excluding tert-OH is 1. The van der Waals surface area contributed by atoms with Gasteiger partial charge in [-0.25, -0.2) is 17.2 Å². The summed E-state index contributed by atoms with van der Waals surface area (Å²) < 4.78 is 30.7. The average Bonchev–Trinajstić information content (AvgIpc) is 3.04. The van der Waals surface area contributed by atoms with Crippen LogP contribution in [-0.2, 0) is 19.6 Å². The molecule has 1 unspecified atom stereocenters. The van der Waals surface area contributed by atoms with E-state index in [9.17, 15) is 28.4 Å². The van der Waals surface area contributed by atoms with Crippen LogP contribution in [0.2, 0.25) is 0 Å². The lowest BCUT2D eigenvalue weighted by Crippen LogP contribution is -2.23. The number of benzene rings is 1. The van der Waals surface area contributed by atoms with Gasteiger partial charge in [0, 0.05) is 12.3 Å². The summed E-state index contributed by atoms with van der Waals surface area (Å²) in [7, 11) is -4.39. The summed E-state index contributed by atoms with van der Waals surface area (Å²) in [4.78, 5) is 21.3. The van der Waals surface area contributed by atoms with Crippen molar-refractivity contribution in [1.29, 1.82) is 0 Å². The smallest absolute Gasteiger partial charge is 0.341 e. The van der Waals surface area contributed by atoms with Crippen molar-refractivity contribution >= 4 is 21.7 Å². The third-order valence-corrected chi connectivity index (χ3v) is 4.88. The van der Waals surface area contributed by atoms with Gasteiger partial charge >= 0.3 is 5.97 Å². The van der Waals surface area contributed by atoms with Crippen molar-refractivity contribution in [3.63, 3.8) is 0 Å². The van der Waals surface area contributed by atoms with Gasteiger partial charge in [-0.15, -0.1) is 0 Å². The Morgan fingerprint density at radius 2 is 2.00 bits per heavy atom. The minimum Gasteiger partial charge on any atom is -0.464 e. The molecule has 1 atom stereocenters. The number of nitrogens with zero attached hydrogens (tertiary/aromatic N) is 2. The molecule has 0 aliphatic rings. The summed E-state index contributed by atoms with van der Waals surface area (Å²) in [5.74, 6) is -1.02. The van der Waals surface area contributed by atoms with Crippen molar-refractivity contribution in [2.75, 3.05) is 6.61 Å². The van der Waals surface area contributed by atoms with E-state index in [1.807, 2.05) is 0 Å². The monoisotopic (exact) mass is 354 g/mol. The third-order valence-electron chi connectivity index (χ3n) is 3.13. The van der Waals surface area contributed by atoms with Gasteiger partial charge < -0.3 is 9.84 Å². The third kappa shape index (κ3) is 3.14. The Morgan fingerprint density at radius 3 is 2.62 bits per heavy atom. The molecule has 9 nitrogen and oxygen atoms in total. The van der Waals surface area contributed by atoms with E-state index in [0.29, 0.717) is 3.97 Å². The molecule has 2 rings (SSSR count). The van der Waals surface area contributed by atoms with Crippen LogP contribution in [0.1, 0.15) is 18.7 Å². The van der Waals surface area contributed by atoms with Gasteiger partial charge in [0.05, 0.1) is 17.2 Å². The zero-order valence-corrected chi connectivity index (χ0v) is 13.3. The summed E-state index contributed by atoms with van der Waals surface area (Å²) in [5, 5.41) is 21.0. The fourth-order valence-corrected chi connectivity index (χ4v) is 3.62. The highest BCUT2D eigenvalue weighted by Crippen LogP contribution is 2.28. The second kappa shape index (κ2) is 6.81. The van der Waals surface area contributed by atoms with Crippen molar-refractivity contribution in [3.05, 3.63) is 58.4 Å². The number of aliphatic hydroxyl groups is 1. The summed E-state index contributed by atoms with van der Waals surface area (Å²) >= 11 is 0.